The van der Waals surface area contributed by atoms with E-state index < -0.39 is 0 Å². The minimum absolute atomic E-state index is 0.0807. The number of nitrogens with one attached hydrogen (secondary N) is 1. The molecule has 0 bridgehead atoms. The number of amides is 1. The first kappa shape index (κ1) is 17.7. The highest BCUT2D eigenvalue weighted by Crippen LogP contribution is 2.24. The summed E-state index contributed by atoms with van der Waals surface area (Å²) in [6.45, 7) is 1.93. The summed E-state index contributed by atoms with van der Waals surface area (Å²) in [6, 6.07) is 17.1. The Hall–Kier alpha value is -3.15. The van der Waals surface area contributed by atoms with Gasteiger partial charge in [-0.05, 0) is 13.0 Å². The zero-order valence-corrected chi connectivity index (χ0v) is 14.8. The molecule has 1 amide bonds. The van der Waals surface area contributed by atoms with Crippen LogP contribution in [0.5, 0.6) is 5.75 Å². The van der Waals surface area contributed by atoms with Crippen molar-refractivity contribution in [2.24, 2.45) is 0 Å². The number of benzene rings is 2. The molecule has 1 unspecified atom stereocenters. The predicted molar refractivity (Wildman–Crippen MR) is 97.6 cm³/mol. The van der Waals surface area contributed by atoms with Gasteiger partial charge in [0.15, 0.2) is 0 Å². The maximum atomic E-state index is 12.2. The van der Waals surface area contributed by atoms with Gasteiger partial charge >= 0.3 is 0 Å². The van der Waals surface area contributed by atoms with Crippen molar-refractivity contribution in [3.8, 4) is 17.1 Å². The molecule has 1 heterocycles. The lowest BCUT2D eigenvalue weighted by atomic mass is 10.1. The van der Waals surface area contributed by atoms with Gasteiger partial charge in [0.25, 0.3) is 0 Å². The molecule has 0 saturated carbocycles. The lowest BCUT2D eigenvalue weighted by Crippen LogP contribution is -2.27. The number of methoxy groups -OCH3 is 1. The fraction of sp³-hybridized carbons (Fsp3) is 0.250. The molecule has 1 atom stereocenters. The van der Waals surface area contributed by atoms with Gasteiger partial charge in [-0.3, -0.25) is 4.79 Å². The van der Waals surface area contributed by atoms with Crippen LogP contribution in [0, 0.1) is 0 Å². The Balaban J connectivity index is 1.55. The largest absolute Gasteiger partial charge is 0.496 e. The molecule has 1 aromatic heterocycles. The third kappa shape index (κ3) is 4.27. The van der Waals surface area contributed by atoms with Crippen LogP contribution in [0.3, 0.4) is 0 Å². The normalized spacial score (nSPS) is 11.8. The van der Waals surface area contributed by atoms with E-state index in [1.807, 2.05) is 61.5 Å². The Morgan fingerprint density at radius 2 is 1.88 bits per heavy atom. The molecule has 0 spiro atoms. The van der Waals surface area contributed by atoms with E-state index in [0.29, 0.717) is 18.1 Å². The molecule has 0 saturated heterocycles. The van der Waals surface area contributed by atoms with Crippen LogP contribution in [0.4, 0.5) is 0 Å². The number of aromatic nitrogens is 2. The van der Waals surface area contributed by atoms with Crippen LogP contribution >= 0.6 is 0 Å². The van der Waals surface area contributed by atoms with Crippen molar-refractivity contribution < 1.29 is 14.1 Å². The number of para-hydroxylation sites is 1. The van der Waals surface area contributed by atoms with E-state index in [1.165, 1.54) is 0 Å². The minimum atomic E-state index is -0.152. The van der Waals surface area contributed by atoms with Gasteiger partial charge in [-0.1, -0.05) is 53.7 Å². The molecule has 0 aliphatic carbocycles. The molecule has 3 aromatic rings. The molecular formula is C20H21N3O3. The van der Waals surface area contributed by atoms with Gasteiger partial charge < -0.3 is 14.6 Å². The number of rotatable bonds is 7. The smallest absolute Gasteiger partial charge is 0.227 e. The number of nitrogens with zero attached hydrogens (tertiary/aromatic N) is 2. The Kier molecular flexibility index (Phi) is 5.63. The Morgan fingerprint density at radius 3 is 2.65 bits per heavy atom. The lowest BCUT2D eigenvalue weighted by Gasteiger charge is -2.17. The van der Waals surface area contributed by atoms with Crippen LogP contribution in [0.15, 0.2) is 59.1 Å². The van der Waals surface area contributed by atoms with Crippen LogP contribution < -0.4 is 10.1 Å². The summed E-state index contributed by atoms with van der Waals surface area (Å²) in [5, 5.41) is 6.93. The molecular weight excluding hydrogens is 330 g/mol. The van der Waals surface area contributed by atoms with Crippen molar-refractivity contribution in [1.29, 1.82) is 0 Å². The second-order valence-electron chi connectivity index (χ2n) is 5.91. The molecule has 6 heteroatoms. The van der Waals surface area contributed by atoms with Gasteiger partial charge in [-0.15, -0.1) is 0 Å². The van der Waals surface area contributed by atoms with Gasteiger partial charge in [-0.2, -0.15) is 4.98 Å². The summed E-state index contributed by atoms with van der Waals surface area (Å²) in [7, 11) is 1.62. The Morgan fingerprint density at radius 1 is 1.15 bits per heavy atom. The van der Waals surface area contributed by atoms with Crippen molar-refractivity contribution in [2.45, 2.75) is 25.8 Å². The van der Waals surface area contributed by atoms with E-state index in [-0.39, 0.29) is 18.4 Å². The summed E-state index contributed by atoms with van der Waals surface area (Å²) in [4.78, 5) is 16.6. The Bertz CT molecular complexity index is 862. The maximum absolute atomic E-state index is 12.2. The lowest BCUT2D eigenvalue weighted by molar-refractivity contribution is -0.121. The fourth-order valence-corrected chi connectivity index (χ4v) is 2.70. The van der Waals surface area contributed by atoms with Crippen LogP contribution in [0.2, 0.25) is 0 Å². The van der Waals surface area contributed by atoms with Gasteiger partial charge in [0.1, 0.15) is 5.75 Å². The number of hydrogen-bond donors (Lipinski definition) is 1. The SMILES string of the molecule is COc1ccccc1C(C)NC(=O)CCc1nc(-c2ccccc2)no1. The van der Waals surface area contributed by atoms with Crippen LogP contribution in [0.1, 0.15) is 30.8 Å². The standard InChI is InChI=1S/C20H21N3O3/c1-14(16-10-6-7-11-17(16)25-2)21-18(24)12-13-19-22-20(23-26-19)15-8-4-3-5-9-15/h3-11,14H,12-13H2,1-2H3,(H,21,24). The van der Waals surface area contributed by atoms with Crippen molar-refractivity contribution >= 4 is 5.91 Å². The van der Waals surface area contributed by atoms with E-state index >= 15 is 0 Å². The molecule has 0 radical (unpaired) electrons. The molecule has 3 rings (SSSR count). The molecule has 0 aliphatic heterocycles. The molecule has 134 valence electrons. The summed E-state index contributed by atoms with van der Waals surface area (Å²) in [5.41, 5.74) is 1.82. The maximum Gasteiger partial charge on any atom is 0.227 e. The highest BCUT2D eigenvalue weighted by molar-refractivity contribution is 5.76. The first-order chi connectivity index (χ1) is 12.7. The van der Waals surface area contributed by atoms with E-state index in [0.717, 1.165) is 16.9 Å². The van der Waals surface area contributed by atoms with E-state index in [2.05, 4.69) is 15.5 Å². The van der Waals surface area contributed by atoms with Gasteiger partial charge in [0.2, 0.25) is 17.6 Å². The van der Waals surface area contributed by atoms with E-state index in [1.54, 1.807) is 7.11 Å². The van der Waals surface area contributed by atoms with Crippen LogP contribution in [-0.4, -0.2) is 23.2 Å². The Labute approximate surface area is 152 Å². The second kappa shape index (κ2) is 8.29. The average Bonchev–Trinajstić information content (AvgIpc) is 3.16. The fourth-order valence-electron chi connectivity index (χ4n) is 2.70. The number of ether oxygens (including phenoxy) is 1. The summed E-state index contributed by atoms with van der Waals surface area (Å²) < 4.78 is 10.6. The summed E-state index contributed by atoms with van der Waals surface area (Å²) >= 11 is 0. The zero-order chi connectivity index (χ0) is 18.4. The van der Waals surface area contributed by atoms with Crippen LogP contribution in [-0.2, 0) is 11.2 Å². The van der Waals surface area contributed by atoms with Crippen molar-refractivity contribution in [3.63, 3.8) is 0 Å². The highest BCUT2D eigenvalue weighted by atomic mass is 16.5. The molecule has 2 aromatic carbocycles. The number of hydrogen-bond acceptors (Lipinski definition) is 5. The van der Waals surface area contributed by atoms with Crippen molar-refractivity contribution in [1.82, 2.24) is 15.5 Å². The summed E-state index contributed by atoms with van der Waals surface area (Å²) in [6.07, 6.45) is 0.667. The molecule has 26 heavy (non-hydrogen) atoms. The van der Waals surface area contributed by atoms with Crippen molar-refractivity contribution in [3.05, 3.63) is 66.1 Å². The topological polar surface area (TPSA) is 77.2 Å². The van der Waals surface area contributed by atoms with Crippen LogP contribution in [0.25, 0.3) is 11.4 Å². The van der Waals surface area contributed by atoms with Gasteiger partial charge in [0, 0.05) is 24.0 Å². The molecule has 0 aliphatic rings. The number of carbonyl (C=O) groups is 1. The van der Waals surface area contributed by atoms with Gasteiger partial charge in [0.05, 0.1) is 13.2 Å². The average molecular weight is 351 g/mol. The third-order valence-corrected chi connectivity index (χ3v) is 4.05. The second-order valence-corrected chi connectivity index (χ2v) is 5.91. The zero-order valence-electron chi connectivity index (χ0n) is 14.8. The minimum Gasteiger partial charge on any atom is -0.496 e. The molecule has 6 nitrogen and oxygen atoms in total. The highest BCUT2D eigenvalue weighted by Gasteiger charge is 2.15. The quantitative estimate of drug-likeness (QED) is 0.704. The summed E-state index contributed by atoms with van der Waals surface area (Å²) in [5.74, 6) is 1.65. The number of carbonyl (C=O) groups excluding carboxylic acids is 1. The first-order valence-electron chi connectivity index (χ1n) is 8.47. The predicted octanol–water partition coefficient (Wildman–Crippen LogP) is 3.56. The number of aryl methyl sites for hydroxylation is 1. The molecule has 1 N–H and O–H groups in total. The van der Waals surface area contributed by atoms with E-state index in [9.17, 15) is 4.79 Å². The van der Waals surface area contributed by atoms with E-state index in [4.69, 9.17) is 9.26 Å². The third-order valence-electron chi connectivity index (χ3n) is 4.05. The monoisotopic (exact) mass is 351 g/mol. The van der Waals surface area contributed by atoms with Gasteiger partial charge in [-0.25, -0.2) is 0 Å². The van der Waals surface area contributed by atoms with Crippen molar-refractivity contribution in [2.75, 3.05) is 7.11 Å². The first-order valence-corrected chi connectivity index (χ1v) is 8.47. The molecule has 0 fully saturated rings.